The summed E-state index contributed by atoms with van der Waals surface area (Å²) in [7, 11) is 0. The van der Waals surface area contributed by atoms with Crippen LogP contribution < -0.4 is 4.90 Å². The first kappa shape index (κ1) is 27.8. The molecule has 0 aliphatic rings. The first-order valence-corrected chi connectivity index (χ1v) is 16.1. The maximum atomic E-state index is 6.07. The third kappa shape index (κ3) is 4.97. The van der Waals surface area contributed by atoms with Crippen LogP contribution >= 0.6 is 0 Å². The first-order chi connectivity index (χ1) is 23.8. The second-order valence-corrected chi connectivity index (χ2v) is 11.9. The van der Waals surface area contributed by atoms with Gasteiger partial charge in [-0.3, -0.25) is 4.98 Å². The molecule has 226 valence electrons. The summed E-state index contributed by atoms with van der Waals surface area (Å²) in [6, 6.07) is 59.2. The highest BCUT2D eigenvalue weighted by atomic mass is 16.3. The highest BCUT2D eigenvalue weighted by molar-refractivity contribution is 6.05. The van der Waals surface area contributed by atoms with E-state index in [0.717, 1.165) is 83.5 Å². The molecule has 0 bridgehead atoms. The number of benzene rings is 6. The van der Waals surface area contributed by atoms with Crippen LogP contribution in [0.1, 0.15) is 0 Å². The lowest BCUT2D eigenvalue weighted by atomic mass is 10.0. The molecule has 0 aliphatic heterocycles. The van der Waals surface area contributed by atoms with Gasteiger partial charge in [0.15, 0.2) is 5.58 Å². The van der Waals surface area contributed by atoms with E-state index in [9.17, 15) is 0 Å². The summed E-state index contributed by atoms with van der Waals surface area (Å²) in [4.78, 5) is 12.2. The second kappa shape index (κ2) is 11.7. The summed E-state index contributed by atoms with van der Waals surface area (Å²) in [5.41, 5.74) is 12.0. The van der Waals surface area contributed by atoms with Crippen LogP contribution in [0, 0.1) is 0 Å². The van der Waals surface area contributed by atoms with Crippen molar-refractivity contribution in [1.29, 1.82) is 0 Å². The van der Waals surface area contributed by atoms with E-state index >= 15 is 0 Å². The van der Waals surface area contributed by atoms with Crippen LogP contribution in [-0.4, -0.2) is 9.97 Å². The first-order valence-electron chi connectivity index (χ1n) is 16.1. The topological polar surface area (TPSA) is 42.2 Å². The molecule has 3 aromatic heterocycles. The smallest absolute Gasteiger partial charge is 0.153 e. The minimum absolute atomic E-state index is 0.786. The summed E-state index contributed by atoms with van der Waals surface area (Å²) in [6.07, 6.45) is 1.83. The fraction of sp³-hybridized carbons (Fsp3) is 0. The quantitative estimate of drug-likeness (QED) is 0.187. The zero-order valence-corrected chi connectivity index (χ0v) is 26.0. The summed E-state index contributed by atoms with van der Waals surface area (Å²) in [5, 5.41) is 3.27. The van der Waals surface area contributed by atoms with Gasteiger partial charge in [-0.1, -0.05) is 115 Å². The molecule has 0 amide bonds. The van der Waals surface area contributed by atoms with Crippen molar-refractivity contribution in [2.45, 2.75) is 0 Å². The van der Waals surface area contributed by atoms with E-state index in [1.54, 1.807) is 0 Å². The van der Waals surface area contributed by atoms with Crippen molar-refractivity contribution >= 4 is 49.9 Å². The predicted octanol–water partition coefficient (Wildman–Crippen LogP) is 12.0. The zero-order chi connectivity index (χ0) is 31.9. The molecule has 9 aromatic rings. The molecule has 6 aromatic carbocycles. The standard InChI is InChI=1S/C44H29N3O/c1-2-12-30(13-3-1)36-19-5-8-22-42(36)47(34-17-10-15-32(26-34)40-25-24-31-14-4-7-21-39(31)46-40)35-18-11-16-33(27-35)41-28-38-37-20-6-9-23-43(37)48-44(38)29-45-41/h1-29H. The van der Waals surface area contributed by atoms with Gasteiger partial charge < -0.3 is 9.32 Å². The van der Waals surface area contributed by atoms with Gasteiger partial charge in [-0.05, 0) is 60.2 Å². The number of hydrogen-bond acceptors (Lipinski definition) is 4. The highest BCUT2D eigenvalue weighted by Crippen LogP contribution is 2.43. The SMILES string of the molecule is c1ccc(-c2ccccc2N(c2cccc(-c3cc4c(cn3)oc3ccccc34)c2)c2cccc(-c3ccc4ccccc4n3)c2)cc1. The second-order valence-electron chi connectivity index (χ2n) is 11.9. The molecule has 0 unspecified atom stereocenters. The molecule has 0 N–H and O–H groups in total. The average molecular weight is 616 g/mol. The van der Waals surface area contributed by atoms with E-state index in [4.69, 9.17) is 14.4 Å². The Kier molecular flexibility index (Phi) is 6.76. The largest absolute Gasteiger partial charge is 0.454 e. The molecule has 48 heavy (non-hydrogen) atoms. The molecule has 0 saturated carbocycles. The lowest BCUT2D eigenvalue weighted by molar-refractivity contribution is 0.667. The van der Waals surface area contributed by atoms with Gasteiger partial charge in [0.05, 0.1) is 28.8 Å². The summed E-state index contributed by atoms with van der Waals surface area (Å²) >= 11 is 0. The van der Waals surface area contributed by atoms with E-state index in [0.29, 0.717) is 0 Å². The molecule has 4 nitrogen and oxygen atoms in total. The van der Waals surface area contributed by atoms with Crippen LogP contribution in [0.15, 0.2) is 180 Å². The molecule has 3 heterocycles. The molecule has 0 radical (unpaired) electrons. The van der Waals surface area contributed by atoms with Gasteiger partial charge in [0.25, 0.3) is 0 Å². The fourth-order valence-corrected chi connectivity index (χ4v) is 6.58. The molecule has 0 atom stereocenters. The van der Waals surface area contributed by atoms with E-state index in [2.05, 4.69) is 144 Å². The molecular formula is C44H29N3O. The average Bonchev–Trinajstić information content (AvgIpc) is 3.54. The van der Waals surface area contributed by atoms with Gasteiger partial charge in [0.1, 0.15) is 5.58 Å². The van der Waals surface area contributed by atoms with E-state index in [-0.39, 0.29) is 0 Å². The van der Waals surface area contributed by atoms with E-state index in [1.165, 1.54) is 0 Å². The minimum Gasteiger partial charge on any atom is -0.454 e. The molecule has 9 rings (SSSR count). The molecular weight excluding hydrogens is 587 g/mol. The van der Waals surface area contributed by atoms with Crippen molar-refractivity contribution in [3.05, 3.63) is 176 Å². The number of furan rings is 1. The molecule has 0 fully saturated rings. The highest BCUT2D eigenvalue weighted by Gasteiger charge is 2.19. The predicted molar refractivity (Wildman–Crippen MR) is 198 cm³/mol. The number of pyridine rings is 2. The maximum absolute atomic E-state index is 6.07. The Morgan fingerprint density at radius 1 is 0.458 bits per heavy atom. The van der Waals surface area contributed by atoms with Crippen molar-refractivity contribution < 1.29 is 4.42 Å². The number of nitrogens with zero attached hydrogens (tertiary/aromatic N) is 3. The van der Waals surface area contributed by atoms with Crippen LogP contribution in [-0.2, 0) is 0 Å². The summed E-state index contributed by atoms with van der Waals surface area (Å²) < 4.78 is 6.07. The van der Waals surface area contributed by atoms with Crippen LogP contribution in [0.3, 0.4) is 0 Å². The third-order valence-corrected chi connectivity index (χ3v) is 8.89. The van der Waals surface area contributed by atoms with Gasteiger partial charge in [0, 0.05) is 44.2 Å². The van der Waals surface area contributed by atoms with Crippen LogP contribution in [0.2, 0.25) is 0 Å². The number of para-hydroxylation sites is 3. The van der Waals surface area contributed by atoms with Gasteiger partial charge in [0.2, 0.25) is 0 Å². The number of rotatable bonds is 6. The van der Waals surface area contributed by atoms with Crippen molar-refractivity contribution in [2.75, 3.05) is 4.90 Å². The number of anilines is 3. The Morgan fingerprint density at radius 3 is 2.00 bits per heavy atom. The third-order valence-electron chi connectivity index (χ3n) is 8.89. The maximum Gasteiger partial charge on any atom is 0.153 e. The van der Waals surface area contributed by atoms with E-state index < -0.39 is 0 Å². The Labute approximate surface area is 278 Å². The van der Waals surface area contributed by atoms with Gasteiger partial charge >= 0.3 is 0 Å². The van der Waals surface area contributed by atoms with Gasteiger partial charge in [-0.2, -0.15) is 0 Å². The zero-order valence-electron chi connectivity index (χ0n) is 26.0. The molecule has 0 spiro atoms. The van der Waals surface area contributed by atoms with Crippen molar-refractivity contribution in [3.8, 4) is 33.6 Å². The number of aromatic nitrogens is 2. The lowest BCUT2D eigenvalue weighted by Gasteiger charge is -2.28. The number of fused-ring (bicyclic) bond motifs is 4. The molecule has 0 aliphatic carbocycles. The Bertz CT molecular complexity index is 2590. The summed E-state index contributed by atoms with van der Waals surface area (Å²) in [6.45, 7) is 0. The van der Waals surface area contributed by atoms with Crippen LogP contribution in [0.4, 0.5) is 17.1 Å². The normalized spacial score (nSPS) is 11.3. The number of hydrogen-bond donors (Lipinski definition) is 0. The van der Waals surface area contributed by atoms with Crippen molar-refractivity contribution in [3.63, 3.8) is 0 Å². The van der Waals surface area contributed by atoms with Gasteiger partial charge in [-0.25, -0.2) is 4.98 Å². The Morgan fingerprint density at radius 2 is 1.15 bits per heavy atom. The van der Waals surface area contributed by atoms with Gasteiger partial charge in [-0.15, -0.1) is 0 Å². The van der Waals surface area contributed by atoms with Crippen LogP contribution in [0.5, 0.6) is 0 Å². The Hall–Kier alpha value is -6.52. The molecule has 4 heteroatoms. The summed E-state index contributed by atoms with van der Waals surface area (Å²) in [5.74, 6) is 0. The van der Waals surface area contributed by atoms with Crippen LogP contribution in [0.25, 0.3) is 66.5 Å². The Balaban J connectivity index is 1.21. The monoisotopic (exact) mass is 615 g/mol. The van der Waals surface area contributed by atoms with Crippen molar-refractivity contribution in [2.24, 2.45) is 0 Å². The fourth-order valence-electron chi connectivity index (χ4n) is 6.58. The van der Waals surface area contributed by atoms with E-state index in [1.807, 2.05) is 36.5 Å². The lowest BCUT2D eigenvalue weighted by Crippen LogP contribution is -2.11. The minimum atomic E-state index is 0.786. The molecule has 0 saturated heterocycles. The van der Waals surface area contributed by atoms with Crippen molar-refractivity contribution in [1.82, 2.24) is 9.97 Å².